The van der Waals surface area contributed by atoms with Crippen LogP contribution in [0.1, 0.15) is 5.01 Å². The van der Waals surface area contributed by atoms with Crippen LogP contribution in [0.5, 0.6) is 5.75 Å². The van der Waals surface area contributed by atoms with Crippen molar-refractivity contribution in [2.75, 3.05) is 17.7 Å². The lowest BCUT2D eigenvalue weighted by atomic mass is 10.1. The van der Waals surface area contributed by atoms with E-state index in [1.807, 2.05) is 0 Å². The van der Waals surface area contributed by atoms with E-state index in [0.717, 1.165) is 0 Å². The number of urea groups is 1. The number of hydrogen-bond donors (Lipinski definition) is 2. The molecule has 0 aliphatic rings. The Morgan fingerprint density at radius 3 is 2.67 bits per heavy atom. The number of halogens is 4. The minimum atomic E-state index is -4.63. The van der Waals surface area contributed by atoms with Crippen molar-refractivity contribution in [1.82, 2.24) is 10.2 Å². The summed E-state index contributed by atoms with van der Waals surface area (Å²) in [7, 11) is 1.43. The van der Waals surface area contributed by atoms with Gasteiger partial charge in [-0.25, -0.2) is 4.79 Å². The van der Waals surface area contributed by atoms with Crippen LogP contribution in [-0.4, -0.2) is 23.3 Å². The number of nitrogens with zero attached hydrogens (tertiary/aromatic N) is 2. The fraction of sp³-hybridized carbons (Fsp3) is 0.133. The first-order chi connectivity index (χ1) is 12.8. The highest BCUT2D eigenvalue weighted by Crippen LogP contribution is 2.37. The Morgan fingerprint density at radius 1 is 1.30 bits per heavy atom. The van der Waals surface area contributed by atoms with Crippen molar-refractivity contribution in [3.05, 3.63) is 40.6 Å². The third-order valence-electron chi connectivity index (χ3n) is 3.21. The second-order valence-corrected chi connectivity index (χ2v) is 6.38. The van der Waals surface area contributed by atoms with Gasteiger partial charge in [-0.3, -0.25) is 5.32 Å². The summed E-state index contributed by atoms with van der Waals surface area (Å²) in [5, 5.41) is 9.72. The van der Waals surface area contributed by atoms with Crippen LogP contribution >= 0.6 is 22.9 Å². The monoisotopic (exact) mass is 418 g/mol. The van der Waals surface area contributed by atoms with E-state index in [0.29, 0.717) is 17.1 Å². The molecule has 0 aliphatic heterocycles. The normalized spacial score (nSPS) is 11.3. The number of rotatable bonds is 4. The Kier molecular flexibility index (Phi) is 5.24. The number of anilines is 2. The average molecular weight is 419 g/mol. The van der Waals surface area contributed by atoms with Gasteiger partial charge in [0.2, 0.25) is 10.1 Å². The van der Waals surface area contributed by atoms with Crippen LogP contribution in [0.3, 0.4) is 0 Å². The molecule has 0 saturated heterocycles. The molecule has 0 radical (unpaired) electrons. The minimum absolute atomic E-state index is 0.206. The molecule has 2 heterocycles. The van der Waals surface area contributed by atoms with Gasteiger partial charge in [-0.1, -0.05) is 22.9 Å². The van der Waals surface area contributed by atoms with Crippen LogP contribution < -0.4 is 15.4 Å². The first-order valence-corrected chi connectivity index (χ1v) is 8.37. The molecule has 0 saturated carbocycles. The Bertz CT molecular complexity index is 960. The molecule has 12 heteroatoms. The van der Waals surface area contributed by atoms with Gasteiger partial charge in [0, 0.05) is 5.56 Å². The molecule has 7 nitrogen and oxygen atoms in total. The molecule has 0 aliphatic carbocycles. The van der Waals surface area contributed by atoms with Crippen molar-refractivity contribution in [2.24, 2.45) is 0 Å². The Balaban J connectivity index is 1.83. The topological polar surface area (TPSA) is 89.3 Å². The number of carbonyl (C=O) groups excluding carboxylic acids is 1. The lowest BCUT2D eigenvalue weighted by Crippen LogP contribution is -2.19. The largest absolute Gasteiger partial charge is 0.495 e. The van der Waals surface area contributed by atoms with E-state index in [2.05, 4.69) is 20.8 Å². The summed E-state index contributed by atoms with van der Waals surface area (Å²) in [6.07, 6.45) is -3.19. The van der Waals surface area contributed by atoms with Gasteiger partial charge in [0.15, 0.2) is 0 Å². The van der Waals surface area contributed by atoms with E-state index in [-0.39, 0.29) is 27.2 Å². The van der Waals surface area contributed by atoms with Crippen molar-refractivity contribution >= 4 is 39.8 Å². The molecule has 3 aromatic rings. The molecule has 1 aromatic carbocycles. The highest BCUT2D eigenvalue weighted by atomic mass is 35.5. The number of methoxy groups -OCH3 is 1. The van der Waals surface area contributed by atoms with Crippen molar-refractivity contribution < 1.29 is 27.1 Å². The van der Waals surface area contributed by atoms with Crippen LogP contribution in [0.4, 0.5) is 28.8 Å². The second-order valence-electron chi connectivity index (χ2n) is 5.00. The minimum Gasteiger partial charge on any atom is -0.495 e. The Hall–Kier alpha value is -2.79. The quantitative estimate of drug-likeness (QED) is 0.613. The van der Waals surface area contributed by atoms with Crippen LogP contribution in [-0.2, 0) is 6.18 Å². The molecule has 0 fully saturated rings. The molecule has 2 aromatic heterocycles. The zero-order valence-corrected chi connectivity index (χ0v) is 15.0. The third-order valence-corrected chi connectivity index (χ3v) is 4.39. The van der Waals surface area contributed by atoms with Gasteiger partial charge in [-0.05, 0) is 24.3 Å². The summed E-state index contributed by atoms with van der Waals surface area (Å²) < 4.78 is 48.1. The molecule has 3 rings (SSSR count). The van der Waals surface area contributed by atoms with Gasteiger partial charge in [-0.15, -0.1) is 10.2 Å². The molecule has 0 bridgehead atoms. The summed E-state index contributed by atoms with van der Waals surface area (Å²) in [4.78, 5) is 12.2. The molecule has 0 unspecified atom stereocenters. The lowest BCUT2D eigenvalue weighted by Gasteiger charge is -2.13. The standard InChI is InChI=1S/C15H10ClF3N4O3S/c1-25-11-5-7(10-3-2-4-26-10)9(6-8(11)16)20-13(24)21-14-23-22-12(27-14)15(17,18)19/h2-6H,1H3,(H2,20,21,23,24). The van der Waals surface area contributed by atoms with Crippen LogP contribution in [0, 0.1) is 0 Å². The predicted molar refractivity (Wildman–Crippen MR) is 93.3 cm³/mol. The number of hydrogen-bond acceptors (Lipinski definition) is 6. The van der Waals surface area contributed by atoms with E-state index < -0.39 is 17.2 Å². The number of nitrogens with one attached hydrogen (secondary N) is 2. The number of benzene rings is 1. The van der Waals surface area contributed by atoms with Crippen molar-refractivity contribution in [1.29, 1.82) is 0 Å². The summed E-state index contributed by atoms with van der Waals surface area (Å²) in [5.74, 6) is 0.781. The summed E-state index contributed by atoms with van der Waals surface area (Å²) >= 11 is 6.29. The first kappa shape index (κ1) is 19.0. The average Bonchev–Trinajstić information content (AvgIpc) is 3.26. The zero-order chi connectivity index (χ0) is 19.6. The fourth-order valence-corrected chi connectivity index (χ4v) is 2.93. The van der Waals surface area contributed by atoms with Gasteiger partial charge in [-0.2, -0.15) is 13.2 Å². The number of amides is 2. The Labute approximate surface area is 159 Å². The highest BCUT2D eigenvalue weighted by molar-refractivity contribution is 7.15. The molecule has 27 heavy (non-hydrogen) atoms. The number of carbonyl (C=O) groups is 1. The molecule has 142 valence electrons. The van der Waals surface area contributed by atoms with Crippen LogP contribution in [0.25, 0.3) is 11.3 Å². The van der Waals surface area contributed by atoms with E-state index in [1.54, 1.807) is 18.2 Å². The van der Waals surface area contributed by atoms with Crippen molar-refractivity contribution in [2.45, 2.75) is 6.18 Å². The maximum absolute atomic E-state index is 12.6. The molecule has 0 atom stereocenters. The summed E-state index contributed by atoms with van der Waals surface area (Å²) in [6, 6.07) is 5.48. The zero-order valence-electron chi connectivity index (χ0n) is 13.4. The molecular weight excluding hydrogens is 409 g/mol. The number of furan rings is 1. The van der Waals surface area contributed by atoms with Crippen molar-refractivity contribution in [3.8, 4) is 17.1 Å². The van der Waals surface area contributed by atoms with E-state index in [1.165, 1.54) is 19.4 Å². The second kappa shape index (κ2) is 7.45. The SMILES string of the molecule is COc1cc(-c2ccco2)c(NC(=O)Nc2nnc(C(F)(F)F)s2)cc1Cl. The fourth-order valence-electron chi connectivity index (χ4n) is 2.09. The van der Waals surface area contributed by atoms with Gasteiger partial charge in [0.05, 0.1) is 24.1 Å². The number of ether oxygens (including phenoxy) is 1. The third kappa shape index (κ3) is 4.31. The maximum atomic E-state index is 12.6. The van der Waals surface area contributed by atoms with E-state index in [4.69, 9.17) is 20.8 Å². The van der Waals surface area contributed by atoms with Crippen molar-refractivity contribution in [3.63, 3.8) is 0 Å². The van der Waals surface area contributed by atoms with Crippen LogP contribution in [0.2, 0.25) is 5.02 Å². The summed E-state index contributed by atoms with van der Waals surface area (Å²) in [6.45, 7) is 0. The molecule has 0 spiro atoms. The smallest absolute Gasteiger partial charge is 0.445 e. The van der Waals surface area contributed by atoms with Gasteiger partial charge >= 0.3 is 12.2 Å². The van der Waals surface area contributed by atoms with E-state index >= 15 is 0 Å². The predicted octanol–water partition coefficient (Wildman–Crippen LogP) is 5.12. The van der Waals surface area contributed by atoms with Gasteiger partial charge < -0.3 is 14.5 Å². The van der Waals surface area contributed by atoms with Crippen LogP contribution in [0.15, 0.2) is 34.9 Å². The maximum Gasteiger partial charge on any atom is 0.445 e. The lowest BCUT2D eigenvalue weighted by molar-refractivity contribution is -0.138. The molecular formula is C15H10ClF3N4O3S. The van der Waals surface area contributed by atoms with Gasteiger partial charge in [0.25, 0.3) is 0 Å². The number of alkyl halides is 3. The molecule has 2 N–H and O–H groups in total. The Morgan fingerprint density at radius 2 is 2.07 bits per heavy atom. The highest BCUT2D eigenvalue weighted by Gasteiger charge is 2.35. The molecule has 2 amide bonds. The first-order valence-electron chi connectivity index (χ1n) is 7.18. The number of aromatic nitrogens is 2. The van der Waals surface area contributed by atoms with Gasteiger partial charge in [0.1, 0.15) is 11.5 Å². The van der Waals surface area contributed by atoms with E-state index in [9.17, 15) is 18.0 Å². The summed E-state index contributed by atoms with van der Waals surface area (Å²) in [5.41, 5.74) is 0.721.